The second-order valence-corrected chi connectivity index (χ2v) is 8.05. The van der Waals surface area contributed by atoms with Crippen LogP contribution in [0.2, 0.25) is 0 Å². The van der Waals surface area contributed by atoms with Gasteiger partial charge in [0.2, 0.25) is 0 Å². The maximum atomic E-state index is 12.5. The Morgan fingerprint density at radius 3 is 2.86 bits per heavy atom. The van der Waals surface area contributed by atoms with Gasteiger partial charge in [-0.2, -0.15) is 0 Å². The van der Waals surface area contributed by atoms with Gasteiger partial charge in [-0.05, 0) is 61.2 Å². The molecule has 0 unspecified atom stereocenters. The Hall–Kier alpha value is -1.44. The quantitative estimate of drug-likeness (QED) is 0.633. The lowest BCUT2D eigenvalue weighted by atomic mass is 9.49. The van der Waals surface area contributed by atoms with E-state index < -0.39 is 0 Å². The van der Waals surface area contributed by atoms with E-state index in [2.05, 4.69) is 13.8 Å². The van der Waals surface area contributed by atoms with Gasteiger partial charge in [0, 0.05) is 17.3 Å². The van der Waals surface area contributed by atoms with E-state index >= 15 is 0 Å². The average Bonchev–Trinajstić information content (AvgIpc) is 2.83. The van der Waals surface area contributed by atoms with Crippen molar-refractivity contribution in [1.29, 1.82) is 0 Å². The highest BCUT2D eigenvalue weighted by molar-refractivity contribution is 6.02. The predicted octanol–water partition coefficient (Wildman–Crippen LogP) is 4.03. The van der Waals surface area contributed by atoms with Gasteiger partial charge in [-0.1, -0.05) is 32.0 Å². The SMILES string of the molecule is [2H][13C]([2H])=C1C[C@@H]2[C@H](CC[C@]3(C)C(=O)CC[C@@H]23)[C@@]2(C)C=C[13C](=O)[13CH]=C12. The number of carbonyl (C=O) groups excluding carboxylic acids is 2. The molecule has 0 bridgehead atoms. The Morgan fingerprint density at radius 1 is 1.27 bits per heavy atom. The molecule has 5 atom stereocenters. The minimum atomic E-state index is -0.285. The lowest BCUT2D eigenvalue weighted by Crippen LogP contribution is -2.50. The first kappa shape index (κ1) is 12.0. The van der Waals surface area contributed by atoms with Crippen LogP contribution in [0.5, 0.6) is 0 Å². The molecule has 2 heteroatoms. The smallest absolute Gasteiger partial charge is 0.178 e. The highest BCUT2D eigenvalue weighted by Crippen LogP contribution is 2.64. The minimum Gasteiger partial charge on any atom is -0.299 e. The first-order valence-electron chi connectivity index (χ1n) is 9.43. The maximum Gasteiger partial charge on any atom is 0.178 e. The molecule has 0 aromatic carbocycles. The van der Waals surface area contributed by atoms with Crippen molar-refractivity contribution in [3.63, 3.8) is 0 Å². The fraction of sp³-hybridized carbons (Fsp3) is 0.600. The number of hydrogen-bond donors (Lipinski definition) is 0. The molecule has 0 heterocycles. The zero-order chi connectivity index (χ0) is 17.3. The van der Waals surface area contributed by atoms with Crippen molar-refractivity contribution in [1.82, 2.24) is 0 Å². The van der Waals surface area contributed by atoms with Crippen molar-refractivity contribution in [3.8, 4) is 0 Å². The molecule has 116 valence electrons. The van der Waals surface area contributed by atoms with Crippen LogP contribution in [0.15, 0.2) is 35.9 Å². The summed E-state index contributed by atoms with van der Waals surface area (Å²) in [5.74, 6) is 1.42. The molecular weight excluding hydrogens is 275 g/mol. The summed E-state index contributed by atoms with van der Waals surface area (Å²) in [6.07, 6.45) is 9.48. The molecule has 4 aliphatic carbocycles. The lowest BCUT2D eigenvalue weighted by molar-refractivity contribution is -0.131. The fourth-order valence-electron chi connectivity index (χ4n) is 5.86. The van der Waals surface area contributed by atoms with Gasteiger partial charge in [0.05, 0.1) is 2.74 Å². The van der Waals surface area contributed by atoms with Gasteiger partial charge >= 0.3 is 0 Å². The highest BCUT2D eigenvalue weighted by atomic mass is 16.2. The van der Waals surface area contributed by atoms with E-state index in [-0.39, 0.29) is 23.1 Å². The molecule has 2 nitrogen and oxygen atoms in total. The Morgan fingerprint density at radius 2 is 2.09 bits per heavy atom. The van der Waals surface area contributed by atoms with Gasteiger partial charge in [0.15, 0.2) is 5.78 Å². The fourth-order valence-corrected chi connectivity index (χ4v) is 5.86. The summed E-state index contributed by atoms with van der Waals surface area (Å²) >= 11 is 0. The lowest BCUT2D eigenvalue weighted by Gasteiger charge is -2.56. The van der Waals surface area contributed by atoms with E-state index in [1.54, 1.807) is 12.2 Å². The molecule has 3 fully saturated rings. The normalized spacial score (nSPS) is 48.0. The second-order valence-electron chi connectivity index (χ2n) is 8.05. The third kappa shape index (κ3) is 1.61. The Balaban J connectivity index is 1.83. The van der Waals surface area contributed by atoms with E-state index in [1.165, 1.54) is 0 Å². The van der Waals surface area contributed by atoms with E-state index in [9.17, 15) is 9.59 Å². The van der Waals surface area contributed by atoms with E-state index in [0.29, 0.717) is 42.0 Å². The molecular formula is C20H24O2. The zero-order valence-electron chi connectivity index (χ0n) is 15.3. The van der Waals surface area contributed by atoms with Crippen molar-refractivity contribution in [2.75, 3.05) is 0 Å². The summed E-state index contributed by atoms with van der Waals surface area (Å²) in [7, 11) is 0. The zero-order valence-corrected chi connectivity index (χ0v) is 13.3. The Kier molecular flexibility index (Phi) is 2.36. The summed E-state index contributed by atoms with van der Waals surface area (Å²) in [6, 6.07) is 0. The van der Waals surface area contributed by atoms with Crippen LogP contribution in [0.1, 0.15) is 48.7 Å². The summed E-state index contributed by atoms with van der Waals surface area (Å²) < 4.78 is 15.9. The number of rotatable bonds is 0. The molecule has 0 radical (unpaired) electrons. The topological polar surface area (TPSA) is 34.1 Å². The van der Waals surface area contributed by atoms with Gasteiger partial charge in [-0.25, -0.2) is 0 Å². The molecule has 4 aliphatic rings. The number of ketones is 2. The number of carbonyl (C=O) groups is 2. The number of allylic oxidation sites excluding steroid dienone is 5. The van der Waals surface area contributed by atoms with Crippen LogP contribution in [-0.4, -0.2) is 11.6 Å². The molecule has 0 aliphatic heterocycles. The van der Waals surface area contributed by atoms with Crippen LogP contribution in [0.3, 0.4) is 0 Å². The van der Waals surface area contributed by atoms with Crippen molar-refractivity contribution < 1.29 is 12.3 Å². The molecule has 0 amide bonds. The van der Waals surface area contributed by atoms with Gasteiger partial charge < -0.3 is 0 Å². The molecule has 0 spiro atoms. The van der Waals surface area contributed by atoms with Crippen LogP contribution >= 0.6 is 0 Å². The van der Waals surface area contributed by atoms with Gasteiger partial charge in [0.25, 0.3) is 0 Å². The number of Topliss-reactive ketones (excluding diaryl/α,β-unsaturated/α-hetero) is 1. The van der Waals surface area contributed by atoms with Gasteiger partial charge in [-0.15, -0.1) is 0 Å². The Bertz CT molecular complexity index is 728. The first-order chi connectivity index (χ1) is 11.3. The molecule has 3 saturated carbocycles. The van der Waals surface area contributed by atoms with Crippen LogP contribution in [0.25, 0.3) is 0 Å². The van der Waals surface area contributed by atoms with Crippen molar-refractivity contribution in [2.24, 2.45) is 28.6 Å². The summed E-state index contributed by atoms with van der Waals surface area (Å²) in [6.45, 7) is 4.11. The van der Waals surface area contributed by atoms with Crippen molar-refractivity contribution >= 4 is 11.6 Å². The molecule has 4 rings (SSSR count). The van der Waals surface area contributed by atoms with Gasteiger partial charge in [-0.3, -0.25) is 9.59 Å². The summed E-state index contributed by atoms with van der Waals surface area (Å²) in [5, 5.41) is 0. The van der Waals surface area contributed by atoms with Crippen LogP contribution < -0.4 is 0 Å². The average molecular weight is 301 g/mol. The van der Waals surface area contributed by atoms with E-state index in [0.717, 1.165) is 24.8 Å². The summed E-state index contributed by atoms with van der Waals surface area (Å²) in [5.41, 5.74) is 1.08. The molecule has 22 heavy (non-hydrogen) atoms. The summed E-state index contributed by atoms with van der Waals surface area (Å²) in [4.78, 5) is 24.4. The molecule has 0 aromatic rings. The largest absolute Gasteiger partial charge is 0.299 e. The number of hydrogen-bond acceptors (Lipinski definition) is 2. The third-order valence-corrected chi connectivity index (χ3v) is 7.14. The Labute approximate surface area is 135 Å². The van der Waals surface area contributed by atoms with Crippen molar-refractivity contribution in [2.45, 2.75) is 46.0 Å². The van der Waals surface area contributed by atoms with Gasteiger partial charge in [0.1, 0.15) is 5.78 Å². The van der Waals surface area contributed by atoms with Crippen LogP contribution in [-0.2, 0) is 9.59 Å². The number of fused-ring (bicyclic) bond motifs is 5. The third-order valence-electron chi connectivity index (χ3n) is 7.14. The molecule has 0 N–H and O–H groups in total. The van der Waals surface area contributed by atoms with Crippen molar-refractivity contribution in [3.05, 3.63) is 35.9 Å². The molecule has 0 aromatic heterocycles. The highest BCUT2D eigenvalue weighted by Gasteiger charge is 2.59. The van der Waals surface area contributed by atoms with Crippen LogP contribution in [0.4, 0.5) is 0 Å². The van der Waals surface area contributed by atoms with E-state index in [4.69, 9.17) is 2.74 Å². The first-order valence-corrected chi connectivity index (χ1v) is 8.43. The minimum absolute atomic E-state index is 0.0450. The maximum absolute atomic E-state index is 12.5. The monoisotopic (exact) mass is 301 g/mol. The van der Waals surface area contributed by atoms with Crippen LogP contribution in [0, 0.1) is 28.6 Å². The second kappa shape index (κ2) is 4.31. The standard InChI is InChI=1S/C20H24O2/c1-12-10-14-15-4-5-18(22)20(15,3)9-7-16(14)19(2)8-6-13(21)11-17(12)19/h6,8,11,14-16H,1,4-5,7,9-10H2,2-3H3/t14-,15-,16-,19+,20-/m0/s1/i1+1D2,11+1,13+1. The molecule has 0 saturated heterocycles. The van der Waals surface area contributed by atoms with E-state index in [1.807, 2.05) is 6.08 Å². The predicted molar refractivity (Wildman–Crippen MR) is 86.1 cm³/mol.